The summed E-state index contributed by atoms with van der Waals surface area (Å²) in [5.74, 6) is -1.26. The van der Waals surface area contributed by atoms with Crippen LogP contribution in [0.3, 0.4) is 0 Å². The molecule has 0 saturated carbocycles. The Balaban J connectivity index is 1.74. The van der Waals surface area contributed by atoms with Crippen molar-refractivity contribution in [2.24, 2.45) is 0 Å². The molecule has 0 aliphatic rings. The Morgan fingerprint density at radius 1 is 1.11 bits per heavy atom. The Hall–Kier alpha value is -4.25. The number of nitro benzene ring substituents is 1. The fraction of sp³-hybridized carbons (Fsp3) is 0.292. The molecule has 2 aromatic carbocycles. The third-order valence-electron chi connectivity index (χ3n) is 5.37. The zero-order valence-electron chi connectivity index (χ0n) is 19.5. The van der Waals surface area contributed by atoms with Crippen LogP contribution in [0, 0.1) is 10.1 Å². The first-order chi connectivity index (χ1) is 16.8. The van der Waals surface area contributed by atoms with E-state index in [0.29, 0.717) is 17.8 Å². The largest absolute Gasteiger partial charge is 0.493 e. The summed E-state index contributed by atoms with van der Waals surface area (Å²) in [6.07, 6.45) is 0. The normalized spacial score (nSPS) is 10.9. The first-order valence-electron chi connectivity index (χ1n) is 10.9. The maximum atomic E-state index is 12.7. The van der Waals surface area contributed by atoms with Crippen molar-refractivity contribution in [3.8, 4) is 5.75 Å². The van der Waals surface area contributed by atoms with Crippen LogP contribution in [0.5, 0.6) is 5.75 Å². The number of non-ortho nitro benzene ring substituents is 1. The fourth-order valence-corrected chi connectivity index (χ4v) is 3.38. The van der Waals surface area contributed by atoms with Crippen molar-refractivity contribution in [3.63, 3.8) is 0 Å². The van der Waals surface area contributed by atoms with E-state index in [-0.39, 0.29) is 34.6 Å². The molecule has 0 aliphatic heterocycles. The van der Waals surface area contributed by atoms with Crippen LogP contribution in [-0.2, 0) is 4.74 Å². The number of carbonyl (C=O) groups is 2. The van der Waals surface area contributed by atoms with E-state index in [4.69, 9.17) is 13.9 Å². The van der Waals surface area contributed by atoms with Gasteiger partial charge in [-0.3, -0.25) is 14.9 Å². The second-order valence-corrected chi connectivity index (χ2v) is 7.47. The molecule has 1 N–H and O–H groups in total. The molecule has 11 heteroatoms. The zero-order valence-corrected chi connectivity index (χ0v) is 19.5. The molecule has 0 spiro atoms. The molecule has 0 aliphatic carbocycles. The average Bonchev–Trinajstić information content (AvgIpc) is 2.85. The Morgan fingerprint density at radius 3 is 2.40 bits per heavy atom. The fourth-order valence-electron chi connectivity index (χ4n) is 3.38. The number of nitro groups is 1. The number of methoxy groups -OCH3 is 1. The van der Waals surface area contributed by atoms with Crippen LogP contribution >= 0.6 is 0 Å². The predicted octanol–water partition coefficient (Wildman–Crippen LogP) is 3.46. The van der Waals surface area contributed by atoms with Gasteiger partial charge in [0.1, 0.15) is 12.2 Å². The molecule has 0 bridgehead atoms. The summed E-state index contributed by atoms with van der Waals surface area (Å²) in [4.78, 5) is 50.0. The van der Waals surface area contributed by atoms with Crippen molar-refractivity contribution in [1.82, 2.24) is 4.90 Å². The van der Waals surface area contributed by atoms with Crippen LogP contribution in [0.2, 0.25) is 0 Å². The molecule has 0 radical (unpaired) electrons. The first-order valence-corrected chi connectivity index (χ1v) is 10.9. The Kier molecular flexibility index (Phi) is 8.16. The van der Waals surface area contributed by atoms with Gasteiger partial charge in [-0.15, -0.1) is 0 Å². The Bertz CT molecular complexity index is 1300. The van der Waals surface area contributed by atoms with E-state index >= 15 is 0 Å². The number of rotatable bonds is 10. The molecule has 0 fully saturated rings. The summed E-state index contributed by atoms with van der Waals surface area (Å²) in [6.45, 7) is 6.68. The molecule has 184 valence electrons. The van der Waals surface area contributed by atoms with Crippen molar-refractivity contribution in [3.05, 3.63) is 74.1 Å². The molecule has 3 rings (SSSR count). The second-order valence-electron chi connectivity index (χ2n) is 7.47. The number of ether oxygens (including phenoxy) is 2. The standard InChI is InChI=1S/C24H25N3O8/c1-4-26(5-2)10-11-34-23(29)15-6-8-17(9-7-15)25-22(28)19-13-16-12-18(27(31)32)14-20(33-3)21(16)35-24(19)30/h6-9,12-14H,4-5,10-11H2,1-3H3,(H,25,28). The van der Waals surface area contributed by atoms with Crippen LogP contribution in [0.1, 0.15) is 34.6 Å². The number of amides is 1. The number of benzene rings is 2. The number of anilines is 1. The van der Waals surface area contributed by atoms with E-state index in [0.717, 1.165) is 19.2 Å². The van der Waals surface area contributed by atoms with Crippen molar-refractivity contribution in [1.29, 1.82) is 0 Å². The highest BCUT2D eigenvalue weighted by Gasteiger charge is 2.20. The third kappa shape index (κ3) is 6.01. The van der Waals surface area contributed by atoms with E-state index in [1.807, 2.05) is 13.8 Å². The monoisotopic (exact) mass is 483 g/mol. The average molecular weight is 483 g/mol. The molecule has 35 heavy (non-hydrogen) atoms. The lowest BCUT2D eigenvalue weighted by molar-refractivity contribution is -0.384. The number of nitrogens with zero attached hydrogens (tertiary/aromatic N) is 2. The number of hydrogen-bond donors (Lipinski definition) is 1. The van der Waals surface area contributed by atoms with Gasteiger partial charge >= 0.3 is 11.6 Å². The number of fused-ring (bicyclic) bond motifs is 1. The number of esters is 1. The van der Waals surface area contributed by atoms with Crippen LogP contribution < -0.4 is 15.7 Å². The zero-order chi connectivity index (χ0) is 25.5. The summed E-state index contributed by atoms with van der Waals surface area (Å²) in [6, 6.07) is 9.48. The lowest BCUT2D eigenvalue weighted by Gasteiger charge is -2.17. The molecule has 0 atom stereocenters. The van der Waals surface area contributed by atoms with Crippen LogP contribution in [0.15, 0.2) is 51.7 Å². The minimum atomic E-state index is -0.935. The summed E-state index contributed by atoms with van der Waals surface area (Å²) in [7, 11) is 1.28. The molecule has 1 amide bonds. The lowest BCUT2D eigenvalue weighted by Crippen LogP contribution is -2.27. The molecule has 3 aromatic rings. The summed E-state index contributed by atoms with van der Waals surface area (Å²) in [5, 5.41) is 13.9. The number of nitrogens with one attached hydrogen (secondary N) is 1. The lowest BCUT2D eigenvalue weighted by atomic mass is 10.1. The van der Waals surface area contributed by atoms with Gasteiger partial charge in [0.25, 0.3) is 11.6 Å². The highest BCUT2D eigenvalue weighted by Crippen LogP contribution is 2.30. The quantitative estimate of drug-likeness (QED) is 0.199. The van der Waals surface area contributed by atoms with E-state index < -0.39 is 22.4 Å². The van der Waals surface area contributed by atoms with E-state index in [1.54, 1.807) is 0 Å². The first kappa shape index (κ1) is 25.4. The van der Waals surface area contributed by atoms with Gasteiger partial charge in [0.2, 0.25) is 0 Å². The summed E-state index contributed by atoms with van der Waals surface area (Å²) >= 11 is 0. The predicted molar refractivity (Wildman–Crippen MR) is 128 cm³/mol. The van der Waals surface area contributed by atoms with Gasteiger partial charge in [-0.25, -0.2) is 9.59 Å². The second kappa shape index (κ2) is 11.3. The minimum Gasteiger partial charge on any atom is -0.493 e. The van der Waals surface area contributed by atoms with Gasteiger partial charge in [-0.05, 0) is 43.4 Å². The molecule has 0 saturated heterocycles. The highest BCUT2D eigenvalue weighted by molar-refractivity contribution is 6.06. The molecule has 1 heterocycles. The maximum Gasteiger partial charge on any atom is 0.349 e. The number of carbonyl (C=O) groups excluding carboxylic acids is 2. The number of hydrogen-bond acceptors (Lipinski definition) is 9. The Morgan fingerprint density at radius 2 is 1.80 bits per heavy atom. The summed E-state index contributed by atoms with van der Waals surface area (Å²) < 4.78 is 15.5. The van der Waals surface area contributed by atoms with Crippen molar-refractivity contribution < 1.29 is 28.4 Å². The maximum absolute atomic E-state index is 12.7. The van der Waals surface area contributed by atoms with Crippen molar-refractivity contribution in [2.45, 2.75) is 13.8 Å². The van der Waals surface area contributed by atoms with Crippen molar-refractivity contribution in [2.75, 3.05) is 38.7 Å². The van der Waals surface area contributed by atoms with Gasteiger partial charge in [0, 0.05) is 23.7 Å². The highest BCUT2D eigenvalue weighted by atomic mass is 16.6. The van der Waals surface area contributed by atoms with Crippen molar-refractivity contribution >= 4 is 34.2 Å². The van der Waals surface area contributed by atoms with E-state index in [9.17, 15) is 24.5 Å². The summed E-state index contributed by atoms with van der Waals surface area (Å²) in [5.41, 5.74) is -0.939. The smallest absolute Gasteiger partial charge is 0.349 e. The van der Waals surface area contributed by atoms with Gasteiger partial charge in [0.05, 0.1) is 23.7 Å². The molecular formula is C24H25N3O8. The molecular weight excluding hydrogens is 458 g/mol. The van der Waals surface area contributed by atoms with Gasteiger partial charge in [0.15, 0.2) is 11.3 Å². The van der Waals surface area contributed by atoms with E-state index in [1.165, 1.54) is 43.5 Å². The van der Waals surface area contributed by atoms with Gasteiger partial charge in [-0.2, -0.15) is 0 Å². The van der Waals surface area contributed by atoms with Crippen LogP contribution in [0.25, 0.3) is 11.0 Å². The van der Waals surface area contributed by atoms with Gasteiger partial charge in [-0.1, -0.05) is 13.8 Å². The molecule has 11 nitrogen and oxygen atoms in total. The Labute approximate surface area is 200 Å². The number of likely N-dealkylation sites (N-methyl/N-ethyl adjacent to an activating group) is 1. The molecule has 1 aromatic heterocycles. The minimum absolute atomic E-state index is 0.00201. The SMILES string of the molecule is CCN(CC)CCOC(=O)c1ccc(NC(=O)c2cc3cc([N+](=O)[O-])cc(OC)c3oc2=O)cc1. The topological polar surface area (TPSA) is 141 Å². The van der Waals surface area contributed by atoms with Crippen LogP contribution in [0.4, 0.5) is 11.4 Å². The van der Waals surface area contributed by atoms with Gasteiger partial charge < -0.3 is 24.1 Å². The molecule has 0 unspecified atom stereocenters. The third-order valence-corrected chi connectivity index (χ3v) is 5.37. The van der Waals surface area contributed by atoms with E-state index in [2.05, 4.69) is 10.2 Å². The van der Waals surface area contributed by atoms with Crippen LogP contribution in [-0.4, -0.2) is 55.1 Å².